The van der Waals surface area contributed by atoms with Gasteiger partial charge in [0.25, 0.3) is 0 Å². The lowest BCUT2D eigenvalue weighted by atomic mass is 9.98. The highest BCUT2D eigenvalue weighted by Gasteiger charge is 2.12. The van der Waals surface area contributed by atoms with Crippen LogP contribution in [0.1, 0.15) is 23.1 Å². The molecule has 0 heterocycles. The second kappa shape index (κ2) is 3.92. The van der Waals surface area contributed by atoms with E-state index >= 15 is 0 Å². The summed E-state index contributed by atoms with van der Waals surface area (Å²) in [6.45, 7) is 2.07. The lowest BCUT2D eigenvalue weighted by Gasteiger charge is -2.09. The largest absolute Gasteiger partial charge is 0.398 e. The van der Waals surface area contributed by atoms with Crippen molar-refractivity contribution in [1.82, 2.24) is 0 Å². The zero-order chi connectivity index (χ0) is 11.8. The molecule has 0 saturated carbocycles. The first kappa shape index (κ1) is 10.4. The number of hydrogen-bond acceptors (Lipinski definition) is 1. The van der Waals surface area contributed by atoms with Crippen LogP contribution in [-0.2, 0) is 12.8 Å². The van der Waals surface area contributed by atoms with Gasteiger partial charge in [0, 0.05) is 11.3 Å². The quantitative estimate of drug-likeness (QED) is 0.732. The Bertz CT molecular complexity index is 570. The molecule has 0 saturated heterocycles. The number of rotatable bonds is 1. The van der Waals surface area contributed by atoms with Crippen molar-refractivity contribution in [1.29, 1.82) is 0 Å². The van der Waals surface area contributed by atoms with Crippen LogP contribution in [0.5, 0.6) is 0 Å². The van der Waals surface area contributed by atoms with E-state index in [0.29, 0.717) is 0 Å². The van der Waals surface area contributed by atoms with Gasteiger partial charge in [-0.05, 0) is 54.5 Å². The maximum Gasteiger partial charge on any atom is 0.0396 e. The van der Waals surface area contributed by atoms with Crippen LogP contribution >= 0.6 is 0 Å². The Kier molecular flexibility index (Phi) is 2.40. The topological polar surface area (TPSA) is 26.0 Å². The summed E-state index contributed by atoms with van der Waals surface area (Å²) in [4.78, 5) is 0. The van der Waals surface area contributed by atoms with E-state index in [1.807, 2.05) is 6.07 Å². The van der Waals surface area contributed by atoms with E-state index in [1.165, 1.54) is 41.5 Å². The highest BCUT2D eigenvalue weighted by molar-refractivity contribution is 5.77. The molecule has 86 valence electrons. The summed E-state index contributed by atoms with van der Waals surface area (Å²) in [5.41, 5.74) is 13.6. The van der Waals surface area contributed by atoms with Crippen molar-refractivity contribution in [2.45, 2.75) is 26.2 Å². The summed E-state index contributed by atoms with van der Waals surface area (Å²) in [7, 11) is 0. The summed E-state index contributed by atoms with van der Waals surface area (Å²) in [5, 5.41) is 0. The molecule has 1 heteroatoms. The Balaban J connectivity index is 2.09. The molecule has 0 bridgehead atoms. The highest BCUT2D eigenvalue weighted by Crippen LogP contribution is 2.31. The van der Waals surface area contributed by atoms with Crippen LogP contribution in [0.3, 0.4) is 0 Å². The fourth-order valence-corrected chi connectivity index (χ4v) is 2.68. The normalized spacial score (nSPS) is 13.7. The molecular formula is C16H17N. The molecule has 2 N–H and O–H groups in total. The summed E-state index contributed by atoms with van der Waals surface area (Å²) in [6.07, 6.45) is 3.75. The van der Waals surface area contributed by atoms with Gasteiger partial charge in [-0.3, -0.25) is 0 Å². The maximum absolute atomic E-state index is 6.10. The number of anilines is 1. The van der Waals surface area contributed by atoms with Gasteiger partial charge in [0.1, 0.15) is 0 Å². The van der Waals surface area contributed by atoms with Gasteiger partial charge in [-0.1, -0.05) is 30.3 Å². The number of aryl methyl sites for hydroxylation is 3. The Morgan fingerprint density at radius 2 is 1.76 bits per heavy atom. The number of nitrogens with two attached hydrogens (primary N) is 1. The van der Waals surface area contributed by atoms with Gasteiger partial charge in [-0.25, -0.2) is 0 Å². The third kappa shape index (κ3) is 1.82. The molecule has 1 aliphatic carbocycles. The summed E-state index contributed by atoms with van der Waals surface area (Å²) in [5.74, 6) is 0. The van der Waals surface area contributed by atoms with E-state index in [1.54, 1.807) is 0 Å². The SMILES string of the molecule is Cc1ccc(-c2ccc3c(c2)CCC3)c(N)c1. The van der Waals surface area contributed by atoms with E-state index in [4.69, 9.17) is 5.73 Å². The van der Waals surface area contributed by atoms with Gasteiger partial charge < -0.3 is 5.73 Å². The minimum Gasteiger partial charge on any atom is -0.398 e. The molecule has 2 aromatic carbocycles. The van der Waals surface area contributed by atoms with E-state index in [-0.39, 0.29) is 0 Å². The van der Waals surface area contributed by atoms with Crippen LogP contribution in [0, 0.1) is 6.92 Å². The average molecular weight is 223 g/mol. The molecule has 0 atom stereocenters. The summed E-state index contributed by atoms with van der Waals surface area (Å²) < 4.78 is 0. The van der Waals surface area contributed by atoms with Gasteiger partial charge >= 0.3 is 0 Å². The molecule has 17 heavy (non-hydrogen) atoms. The second-order valence-electron chi connectivity index (χ2n) is 4.93. The Labute approximate surface area is 102 Å². The molecule has 3 rings (SSSR count). The first-order valence-electron chi connectivity index (χ1n) is 6.22. The summed E-state index contributed by atoms with van der Waals surface area (Å²) in [6, 6.07) is 13.1. The molecule has 1 nitrogen and oxygen atoms in total. The second-order valence-corrected chi connectivity index (χ2v) is 4.93. The van der Waals surface area contributed by atoms with Crippen molar-refractivity contribution in [3.05, 3.63) is 53.1 Å². The molecule has 0 fully saturated rings. The number of nitrogen functional groups attached to an aromatic ring is 1. The van der Waals surface area contributed by atoms with Crippen molar-refractivity contribution >= 4 is 5.69 Å². The molecule has 0 radical (unpaired) electrons. The molecule has 0 spiro atoms. The summed E-state index contributed by atoms with van der Waals surface area (Å²) >= 11 is 0. The standard InChI is InChI=1S/C16H17N/c1-11-5-8-15(16(17)9-11)14-7-6-12-3-2-4-13(12)10-14/h5-10H,2-4,17H2,1H3. The maximum atomic E-state index is 6.10. The lowest BCUT2D eigenvalue weighted by molar-refractivity contribution is 0.912. The van der Waals surface area contributed by atoms with Crippen LogP contribution in [0.4, 0.5) is 5.69 Å². The zero-order valence-corrected chi connectivity index (χ0v) is 10.2. The van der Waals surface area contributed by atoms with Gasteiger partial charge in [-0.15, -0.1) is 0 Å². The van der Waals surface area contributed by atoms with E-state index in [9.17, 15) is 0 Å². The van der Waals surface area contributed by atoms with Gasteiger partial charge in [0.05, 0.1) is 0 Å². The number of fused-ring (bicyclic) bond motifs is 1. The number of hydrogen-bond donors (Lipinski definition) is 1. The van der Waals surface area contributed by atoms with E-state index in [2.05, 4.69) is 37.3 Å². The predicted octanol–water partition coefficient (Wildman–Crippen LogP) is 3.73. The Morgan fingerprint density at radius 1 is 0.941 bits per heavy atom. The molecule has 0 amide bonds. The molecule has 1 aliphatic rings. The van der Waals surface area contributed by atoms with Crippen molar-refractivity contribution in [2.75, 3.05) is 5.73 Å². The monoisotopic (exact) mass is 223 g/mol. The minimum absolute atomic E-state index is 0.878. The number of benzene rings is 2. The smallest absolute Gasteiger partial charge is 0.0396 e. The minimum atomic E-state index is 0.878. The third-order valence-electron chi connectivity index (χ3n) is 3.62. The highest BCUT2D eigenvalue weighted by atomic mass is 14.6. The van der Waals surface area contributed by atoms with Crippen molar-refractivity contribution in [3.63, 3.8) is 0 Å². The van der Waals surface area contributed by atoms with Crippen LogP contribution in [0.2, 0.25) is 0 Å². The fraction of sp³-hybridized carbons (Fsp3) is 0.250. The van der Waals surface area contributed by atoms with Gasteiger partial charge in [0.2, 0.25) is 0 Å². The average Bonchev–Trinajstić information content (AvgIpc) is 2.75. The predicted molar refractivity (Wildman–Crippen MR) is 73.1 cm³/mol. The van der Waals surface area contributed by atoms with Crippen molar-refractivity contribution in [3.8, 4) is 11.1 Å². The van der Waals surface area contributed by atoms with Crippen LogP contribution in [0.25, 0.3) is 11.1 Å². The molecule has 2 aromatic rings. The first-order valence-corrected chi connectivity index (χ1v) is 6.22. The zero-order valence-electron chi connectivity index (χ0n) is 10.2. The van der Waals surface area contributed by atoms with Gasteiger partial charge in [0.15, 0.2) is 0 Å². The molecular weight excluding hydrogens is 206 g/mol. The first-order chi connectivity index (χ1) is 8.24. The molecule has 0 unspecified atom stereocenters. The third-order valence-corrected chi connectivity index (χ3v) is 3.62. The fourth-order valence-electron chi connectivity index (χ4n) is 2.68. The molecule has 0 aliphatic heterocycles. The van der Waals surface area contributed by atoms with Crippen molar-refractivity contribution in [2.24, 2.45) is 0 Å². The van der Waals surface area contributed by atoms with E-state index in [0.717, 1.165) is 11.3 Å². The van der Waals surface area contributed by atoms with Crippen LogP contribution < -0.4 is 5.73 Å². The van der Waals surface area contributed by atoms with Crippen LogP contribution in [0.15, 0.2) is 36.4 Å². The lowest BCUT2D eigenvalue weighted by Crippen LogP contribution is -1.92. The van der Waals surface area contributed by atoms with Crippen LogP contribution in [-0.4, -0.2) is 0 Å². The Morgan fingerprint density at radius 3 is 2.59 bits per heavy atom. The van der Waals surface area contributed by atoms with E-state index < -0.39 is 0 Å². The van der Waals surface area contributed by atoms with Crippen molar-refractivity contribution < 1.29 is 0 Å². The Hall–Kier alpha value is -1.76. The van der Waals surface area contributed by atoms with Gasteiger partial charge in [-0.2, -0.15) is 0 Å². The molecule has 0 aromatic heterocycles.